The average molecular weight is 298 g/mol. The minimum atomic E-state index is -0.879. The number of carbonyl (C=O) groups is 2. The Kier molecular flexibility index (Phi) is 5.65. The second kappa shape index (κ2) is 6.67. The fourth-order valence-electron chi connectivity index (χ4n) is 3.02. The molecule has 1 rings (SSSR count). The van der Waals surface area contributed by atoms with Gasteiger partial charge in [0.15, 0.2) is 0 Å². The molecule has 0 bridgehead atoms. The third-order valence-electron chi connectivity index (χ3n) is 4.14. The number of carboxylic acid groups (broad SMARTS) is 1. The fourth-order valence-corrected chi connectivity index (χ4v) is 3.02. The van der Waals surface area contributed by atoms with Crippen LogP contribution in [0, 0.1) is 5.41 Å². The van der Waals surface area contributed by atoms with E-state index in [0.717, 1.165) is 19.3 Å². The summed E-state index contributed by atoms with van der Waals surface area (Å²) < 4.78 is 0. The van der Waals surface area contributed by atoms with E-state index in [-0.39, 0.29) is 36.0 Å². The molecule has 0 heterocycles. The Morgan fingerprint density at radius 2 is 1.95 bits per heavy atom. The number of carboxylic acids is 1. The zero-order chi connectivity index (χ0) is 16.3. The zero-order valence-corrected chi connectivity index (χ0v) is 14.0. The van der Waals surface area contributed by atoms with Crippen LogP contribution in [-0.2, 0) is 4.79 Å². The van der Waals surface area contributed by atoms with E-state index in [1.807, 2.05) is 20.8 Å². The Bertz CT molecular complexity index is 385. The molecule has 0 aromatic carbocycles. The van der Waals surface area contributed by atoms with Crippen LogP contribution in [0.1, 0.15) is 66.7 Å². The molecule has 0 radical (unpaired) electrons. The molecule has 1 saturated carbocycles. The van der Waals surface area contributed by atoms with Crippen LogP contribution in [0.25, 0.3) is 0 Å². The van der Waals surface area contributed by atoms with Gasteiger partial charge in [0.2, 0.25) is 0 Å². The highest BCUT2D eigenvalue weighted by atomic mass is 16.4. The minimum Gasteiger partial charge on any atom is -0.481 e. The van der Waals surface area contributed by atoms with Gasteiger partial charge in [-0.25, -0.2) is 4.79 Å². The second-order valence-electron chi connectivity index (χ2n) is 7.87. The van der Waals surface area contributed by atoms with Gasteiger partial charge >= 0.3 is 12.0 Å². The lowest BCUT2D eigenvalue weighted by Gasteiger charge is -2.39. The first-order chi connectivity index (χ1) is 9.51. The van der Waals surface area contributed by atoms with E-state index in [1.165, 1.54) is 6.42 Å². The van der Waals surface area contributed by atoms with Crippen molar-refractivity contribution in [2.24, 2.45) is 5.41 Å². The van der Waals surface area contributed by atoms with Crippen molar-refractivity contribution in [3.05, 3.63) is 0 Å². The number of carbonyl (C=O) groups excluding carboxylic acids is 1. The summed E-state index contributed by atoms with van der Waals surface area (Å²) in [7, 11) is 0. The lowest BCUT2D eigenvalue weighted by atomic mass is 9.75. The standard InChI is InChI=1S/C16H30N2O3/c1-15(2,3)18(10-8-13(19)20)14(21)17-12-7-6-9-16(4,5)11-12/h12H,6-11H2,1-5H3,(H,17,21)(H,19,20). The Morgan fingerprint density at radius 3 is 2.43 bits per heavy atom. The normalized spacial score (nSPS) is 21.7. The molecule has 2 amide bonds. The molecule has 0 spiro atoms. The molecule has 5 nitrogen and oxygen atoms in total. The number of hydrogen-bond acceptors (Lipinski definition) is 2. The first kappa shape index (κ1) is 17.8. The van der Waals surface area contributed by atoms with Crippen molar-refractivity contribution in [1.82, 2.24) is 10.2 Å². The molecular weight excluding hydrogens is 268 g/mol. The molecule has 0 aromatic rings. The molecule has 122 valence electrons. The van der Waals surface area contributed by atoms with Gasteiger partial charge in [0, 0.05) is 18.1 Å². The van der Waals surface area contributed by atoms with Crippen molar-refractivity contribution in [2.45, 2.75) is 78.3 Å². The minimum absolute atomic E-state index is 0.0269. The molecule has 1 unspecified atom stereocenters. The van der Waals surface area contributed by atoms with Gasteiger partial charge in [-0.15, -0.1) is 0 Å². The molecular formula is C16H30N2O3. The number of amides is 2. The summed E-state index contributed by atoms with van der Waals surface area (Å²) in [5, 5.41) is 11.9. The number of rotatable bonds is 4. The van der Waals surface area contributed by atoms with Crippen LogP contribution in [0.3, 0.4) is 0 Å². The van der Waals surface area contributed by atoms with Crippen LogP contribution in [0.5, 0.6) is 0 Å². The van der Waals surface area contributed by atoms with Gasteiger partial charge in [-0.05, 0) is 45.4 Å². The van der Waals surface area contributed by atoms with Crippen LogP contribution < -0.4 is 5.32 Å². The average Bonchev–Trinajstić information content (AvgIpc) is 2.24. The first-order valence-electron chi connectivity index (χ1n) is 7.81. The van der Waals surface area contributed by atoms with E-state index >= 15 is 0 Å². The van der Waals surface area contributed by atoms with Crippen LogP contribution in [0.4, 0.5) is 4.79 Å². The van der Waals surface area contributed by atoms with Crippen molar-refractivity contribution in [3.8, 4) is 0 Å². The largest absolute Gasteiger partial charge is 0.481 e. The number of nitrogens with one attached hydrogen (secondary N) is 1. The second-order valence-corrected chi connectivity index (χ2v) is 7.87. The predicted molar refractivity (Wildman–Crippen MR) is 83.3 cm³/mol. The van der Waals surface area contributed by atoms with Crippen molar-refractivity contribution >= 4 is 12.0 Å². The van der Waals surface area contributed by atoms with Crippen LogP contribution in [0.2, 0.25) is 0 Å². The maximum Gasteiger partial charge on any atom is 0.318 e. The van der Waals surface area contributed by atoms with E-state index in [4.69, 9.17) is 5.11 Å². The Hall–Kier alpha value is -1.26. The lowest BCUT2D eigenvalue weighted by Crippen LogP contribution is -2.54. The summed E-state index contributed by atoms with van der Waals surface area (Å²) >= 11 is 0. The van der Waals surface area contributed by atoms with E-state index in [2.05, 4.69) is 19.2 Å². The Labute approximate surface area is 128 Å². The van der Waals surface area contributed by atoms with E-state index in [1.54, 1.807) is 4.90 Å². The zero-order valence-electron chi connectivity index (χ0n) is 14.0. The monoisotopic (exact) mass is 298 g/mol. The fraction of sp³-hybridized carbons (Fsp3) is 0.875. The molecule has 21 heavy (non-hydrogen) atoms. The molecule has 0 aliphatic heterocycles. The summed E-state index contributed by atoms with van der Waals surface area (Å²) in [5.41, 5.74) is -0.118. The molecule has 5 heteroatoms. The third-order valence-corrected chi connectivity index (χ3v) is 4.14. The van der Waals surface area contributed by atoms with Crippen molar-refractivity contribution < 1.29 is 14.7 Å². The lowest BCUT2D eigenvalue weighted by molar-refractivity contribution is -0.137. The van der Waals surface area contributed by atoms with Gasteiger partial charge in [-0.1, -0.05) is 20.3 Å². The highest BCUT2D eigenvalue weighted by Crippen LogP contribution is 2.35. The van der Waals surface area contributed by atoms with E-state index < -0.39 is 5.97 Å². The number of hydrogen-bond donors (Lipinski definition) is 2. The third kappa shape index (κ3) is 5.94. The van der Waals surface area contributed by atoms with Gasteiger partial charge < -0.3 is 15.3 Å². The molecule has 1 fully saturated rings. The van der Waals surface area contributed by atoms with Crippen molar-refractivity contribution in [1.29, 1.82) is 0 Å². The Morgan fingerprint density at radius 1 is 1.33 bits per heavy atom. The van der Waals surface area contributed by atoms with Gasteiger partial charge in [0.1, 0.15) is 0 Å². The Balaban J connectivity index is 2.66. The van der Waals surface area contributed by atoms with Gasteiger partial charge in [0.25, 0.3) is 0 Å². The number of urea groups is 1. The van der Waals surface area contributed by atoms with E-state index in [9.17, 15) is 9.59 Å². The maximum absolute atomic E-state index is 12.5. The summed E-state index contributed by atoms with van der Waals surface area (Å²) in [4.78, 5) is 24.9. The van der Waals surface area contributed by atoms with Crippen LogP contribution >= 0.6 is 0 Å². The highest BCUT2D eigenvalue weighted by molar-refractivity contribution is 5.76. The van der Waals surface area contributed by atoms with Crippen LogP contribution in [-0.4, -0.2) is 40.1 Å². The van der Waals surface area contributed by atoms with Crippen molar-refractivity contribution in [2.75, 3.05) is 6.54 Å². The smallest absolute Gasteiger partial charge is 0.318 e. The summed E-state index contributed by atoms with van der Waals surface area (Å²) in [6.45, 7) is 10.5. The molecule has 1 atom stereocenters. The molecule has 0 saturated heterocycles. The maximum atomic E-state index is 12.5. The van der Waals surface area contributed by atoms with E-state index in [0.29, 0.717) is 0 Å². The highest BCUT2D eigenvalue weighted by Gasteiger charge is 2.32. The molecule has 2 N–H and O–H groups in total. The topological polar surface area (TPSA) is 69.6 Å². The van der Waals surface area contributed by atoms with Gasteiger partial charge in [0.05, 0.1) is 6.42 Å². The van der Waals surface area contributed by atoms with Gasteiger partial charge in [-0.3, -0.25) is 4.79 Å². The first-order valence-corrected chi connectivity index (χ1v) is 7.81. The number of nitrogens with zero attached hydrogens (tertiary/aromatic N) is 1. The quantitative estimate of drug-likeness (QED) is 0.837. The summed E-state index contributed by atoms with van der Waals surface area (Å²) in [6, 6.07) is 0.0439. The molecule has 1 aliphatic carbocycles. The molecule has 0 aromatic heterocycles. The predicted octanol–water partition coefficient (Wildman–Crippen LogP) is 3.24. The van der Waals surface area contributed by atoms with Crippen molar-refractivity contribution in [3.63, 3.8) is 0 Å². The SMILES string of the molecule is CC1(C)CCCC(NC(=O)N(CCC(=O)O)C(C)(C)C)C1. The number of aliphatic carboxylic acids is 1. The van der Waals surface area contributed by atoms with Gasteiger partial charge in [-0.2, -0.15) is 0 Å². The van der Waals surface area contributed by atoms with Crippen LogP contribution in [0.15, 0.2) is 0 Å². The summed E-state index contributed by atoms with van der Waals surface area (Å²) in [5.74, 6) is -0.879. The summed E-state index contributed by atoms with van der Waals surface area (Å²) in [6.07, 6.45) is 4.28. The molecule has 1 aliphatic rings.